The van der Waals surface area contributed by atoms with Gasteiger partial charge in [-0.3, -0.25) is 9.59 Å². The van der Waals surface area contributed by atoms with Crippen molar-refractivity contribution in [2.24, 2.45) is 5.41 Å². The first kappa shape index (κ1) is 23.4. The van der Waals surface area contributed by atoms with E-state index >= 15 is 0 Å². The third kappa shape index (κ3) is 4.38. The van der Waals surface area contributed by atoms with Crippen LogP contribution >= 0.6 is 11.8 Å². The number of benzene rings is 2. The van der Waals surface area contributed by atoms with Gasteiger partial charge in [-0.05, 0) is 29.5 Å². The number of thioether (sulfide) groups is 1. The molecule has 0 fully saturated rings. The van der Waals surface area contributed by atoms with E-state index in [2.05, 4.69) is 24.1 Å². The van der Waals surface area contributed by atoms with Gasteiger partial charge in [0.25, 0.3) is 5.56 Å². The zero-order valence-electron chi connectivity index (χ0n) is 19.8. The van der Waals surface area contributed by atoms with Gasteiger partial charge in [0, 0.05) is 29.0 Å². The molecule has 0 saturated heterocycles. The molecule has 35 heavy (non-hydrogen) atoms. The molecule has 0 bridgehead atoms. The van der Waals surface area contributed by atoms with Crippen LogP contribution in [0.2, 0.25) is 0 Å². The molecule has 1 atom stereocenters. The number of nitrogens with one attached hydrogen (secondary N) is 2. The van der Waals surface area contributed by atoms with Crippen LogP contribution in [0.15, 0.2) is 69.8 Å². The second-order valence-electron chi connectivity index (χ2n) is 9.65. The van der Waals surface area contributed by atoms with Crippen molar-refractivity contribution >= 4 is 23.4 Å². The number of aromatic amines is 1. The molecule has 1 aliphatic carbocycles. The number of nitrogens with zero attached hydrogens (tertiary/aromatic N) is 1. The van der Waals surface area contributed by atoms with Gasteiger partial charge in [0.2, 0.25) is 0 Å². The Bertz CT molecular complexity index is 1410. The summed E-state index contributed by atoms with van der Waals surface area (Å²) in [6, 6.07) is 14.0. The summed E-state index contributed by atoms with van der Waals surface area (Å²) in [6.45, 7) is 4.12. The molecular formula is C27H26FN3O3S. The van der Waals surface area contributed by atoms with Gasteiger partial charge in [0.1, 0.15) is 17.4 Å². The third-order valence-corrected chi connectivity index (χ3v) is 7.39. The number of ketones is 1. The molecule has 2 heterocycles. The number of anilines is 1. The van der Waals surface area contributed by atoms with E-state index in [0.717, 1.165) is 11.3 Å². The summed E-state index contributed by atoms with van der Waals surface area (Å²) in [7, 11) is 1.58. The lowest BCUT2D eigenvalue weighted by atomic mass is 9.69. The van der Waals surface area contributed by atoms with E-state index < -0.39 is 5.92 Å². The number of carbonyl (C=O) groups excluding carboxylic acids is 1. The number of hydrogen-bond acceptors (Lipinski definition) is 6. The highest BCUT2D eigenvalue weighted by atomic mass is 32.2. The van der Waals surface area contributed by atoms with Crippen molar-refractivity contribution in [2.75, 3.05) is 12.4 Å². The minimum atomic E-state index is -0.595. The number of Topliss-reactive ketones (excluding diaryl/α,β-unsaturated/α-hetero) is 1. The topological polar surface area (TPSA) is 84.1 Å². The quantitative estimate of drug-likeness (QED) is 0.367. The van der Waals surface area contributed by atoms with Gasteiger partial charge >= 0.3 is 0 Å². The second kappa shape index (κ2) is 9.00. The summed E-state index contributed by atoms with van der Waals surface area (Å²) < 4.78 is 19.7. The van der Waals surface area contributed by atoms with Crippen LogP contribution in [-0.4, -0.2) is 22.9 Å². The summed E-state index contributed by atoms with van der Waals surface area (Å²) in [5.74, 6) is 0.472. The van der Waals surface area contributed by atoms with Crippen LogP contribution in [0.25, 0.3) is 0 Å². The van der Waals surface area contributed by atoms with Crippen molar-refractivity contribution in [3.8, 4) is 5.75 Å². The highest BCUT2D eigenvalue weighted by Crippen LogP contribution is 2.49. The van der Waals surface area contributed by atoms with E-state index in [1.54, 1.807) is 25.3 Å². The minimum Gasteiger partial charge on any atom is -0.496 e. The Kier molecular flexibility index (Phi) is 6.01. The monoisotopic (exact) mass is 491 g/mol. The van der Waals surface area contributed by atoms with Crippen molar-refractivity contribution < 1.29 is 13.9 Å². The van der Waals surface area contributed by atoms with Gasteiger partial charge in [-0.2, -0.15) is 0 Å². The summed E-state index contributed by atoms with van der Waals surface area (Å²) in [5, 5.41) is 3.70. The molecule has 2 aliphatic rings. The summed E-state index contributed by atoms with van der Waals surface area (Å²) >= 11 is 1.25. The first-order valence-corrected chi connectivity index (χ1v) is 12.4. The van der Waals surface area contributed by atoms with Gasteiger partial charge < -0.3 is 15.0 Å². The van der Waals surface area contributed by atoms with Crippen molar-refractivity contribution in [3.63, 3.8) is 0 Å². The maximum Gasteiger partial charge on any atom is 0.257 e. The van der Waals surface area contributed by atoms with Crippen LogP contribution in [0.4, 0.5) is 10.2 Å². The zero-order valence-corrected chi connectivity index (χ0v) is 20.6. The molecule has 5 rings (SSSR count). The van der Waals surface area contributed by atoms with E-state index in [1.165, 1.54) is 17.8 Å². The number of ether oxygens (including phenoxy) is 1. The fraction of sp³-hybridized carbons (Fsp3) is 0.296. The molecule has 180 valence electrons. The van der Waals surface area contributed by atoms with Crippen LogP contribution in [0.1, 0.15) is 49.3 Å². The van der Waals surface area contributed by atoms with Crippen LogP contribution < -0.4 is 15.6 Å². The van der Waals surface area contributed by atoms with E-state index in [4.69, 9.17) is 9.72 Å². The first-order valence-electron chi connectivity index (χ1n) is 11.4. The maximum absolute atomic E-state index is 14.1. The normalized spacial score (nSPS) is 18.5. The fourth-order valence-corrected chi connectivity index (χ4v) is 5.79. The Morgan fingerprint density at radius 2 is 1.86 bits per heavy atom. The summed E-state index contributed by atoms with van der Waals surface area (Å²) in [6.07, 6.45) is 1.06. The highest BCUT2D eigenvalue weighted by molar-refractivity contribution is 7.98. The Morgan fingerprint density at radius 1 is 1.11 bits per heavy atom. The number of methoxy groups -OCH3 is 1. The largest absolute Gasteiger partial charge is 0.496 e. The average Bonchev–Trinajstić information content (AvgIpc) is 2.81. The molecule has 0 spiro atoms. The third-order valence-electron chi connectivity index (χ3n) is 6.47. The van der Waals surface area contributed by atoms with Crippen molar-refractivity contribution in [3.05, 3.63) is 92.7 Å². The molecule has 8 heteroatoms. The van der Waals surface area contributed by atoms with Gasteiger partial charge in [-0.25, -0.2) is 9.37 Å². The van der Waals surface area contributed by atoms with Crippen LogP contribution in [0, 0.1) is 11.2 Å². The smallest absolute Gasteiger partial charge is 0.257 e. The molecule has 0 amide bonds. The molecule has 2 aromatic carbocycles. The molecule has 0 saturated carbocycles. The molecule has 1 aliphatic heterocycles. The number of H-pyrrole nitrogens is 1. The van der Waals surface area contributed by atoms with Crippen LogP contribution in [-0.2, 0) is 10.5 Å². The van der Waals surface area contributed by atoms with Crippen molar-refractivity contribution in [2.45, 2.75) is 43.5 Å². The van der Waals surface area contributed by atoms with E-state index in [0.29, 0.717) is 52.0 Å². The van der Waals surface area contributed by atoms with E-state index in [9.17, 15) is 14.0 Å². The predicted molar refractivity (Wildman–Crippen MR) is 134 cm³/mol. The predicted octanol–water partition coefficient (Wildman–Crippen LogP) is 5.41. The van der Waals surface area contributed by atoms with Crippen LogP contribution in [0.5, 0.6) is 5.75 Å². The molecule has 0 unspecified atom stereocenters. The summed E-state index contributed by atoms with van der Waals surface area (Å²) in [5.41, 5.74) is 2.50. The lowest BCUT2D eigenvalue weighted by Crippen LogP contribution is -2.37. The molecule has 1 aromatic heterocycles. The van der Waals surface area contributed by atoms with Gasteiger partial charge in [-0.15, -0.1) is 0 Å². The zero-order chi connectivity index (χ0) is 24.7. The number of para-hydroxylation sites is 1. The van der Waals surface area contributed by atoms with Gasteiger partial charge in [0.05, 0.1) is 18.6 Å². The number of halogens is 1. The molecule has 3 aromatic rings. The lowest BCUT2D eigenvalue weighted by Gasteiger charge is -2.38. The lowest BCUT2D eigenvalue weighted by molar-refractivity contribution is -0.118. The van der Waals surface area contributed by atoms with E-state index in [-0.39, 0.29) is 22.6 Å². The van der Waals surface area contributed by atoms with Crippen molar-refractivity contribution in [1.82, 2.24) is 9.97 Å². The molecule has 2 N–H and O–H groups in total. The van der Waals surface area contributed by atoms with Crippen molar-refractivity contribution in [1.29, 1.82) is 0 Å². The average molecular weight is 492 g/mol. The van der Waals surface area contributed by atoms with Gasteiger partial charge in [-0.1, -0.05) is 62.0 Å². The number of fused-ring (bicyclic) bond motifs is 1. The highest BCUT2D eigenvalue weighted by Gasteiger charge is 2.43. The number of hydrogen-bond donors (Lipinski definition) is 2. The maximum atomic E-state index is 14.1. The SMILES string of the molecule is COc1ccccc1[C@@H]1C2=C(CC(C)(C)CC2=O)Nc2nc(SCc3ccccc3F)[nH]c(=O)c21. The second-order valence-corrected chi connectivity index (χ2v) is 10.6. The summed E-state index contributed by atoms with van der Waals surface area (Å²) in [4.78, 5) is 34.4. The minimum absolute atomic E-state index is 0.0164. The molecular weight excluding hydrogens is 465 g/mol. The Balaban J connectivity index is 1.62. The number of carbonyl (C=O) groups is 1. The standard InChI is InChI=1S/C27H26FN3O3S/c1-27(2)12-18-22(19(32)13-27)21(16-9-5-7-11-20(16)34-3)23-24(29-18)30-26(31-25(23)33)35-14-15-8-4-6-10-17(15)28/h4-11,21H,12-14H2,1-3H3,(H2,29,30,31,33)/t21-/m1/s1. The molecule has 0 radical (unpaired) electrons. The number of allylic oxidation sites excluding steroid dienone is 2. The Morgan fingerprint density at radius 3 is 2.63 bits per heavy atom. The Labute approximate surface area is 207 Å². The Hall–Kier alpha value is -3.39. The molecule has 6 nitrogen and oxygen atoms in total. The number of aromatic nitrogens is 2. The fourth-order valence-electron chi connectivity index (χ4n) is 4.94. The number of rotatable bonds is 5. The van der Waals surface area contributed by atoms with E-state index in [1.807, 2.05) is 24.3 Å². The van der Waals surface area contributed by atoms with Crippen LogP contribution in [0.3, 0.4) is 0 Å². The first-order chi connectivity index (χ1) is 16.8. The van der Waals surface area contributed by atoms with Gasteiger partial charge in [0.15, 0.2) is 10.9 Å².